The maximum absolute atomic E-state index is 11.5. The van der Waals surface area contributed by atoms with E-state index in [1.807, 2.05) is 0 Å². The van der Waals surface area contributed by atoms with Crippen molar-refractivity contribution in [2.45, 2.75) is 116 Å². The molecule has 0 saturated heterocycles. The van der Waals surface area contributed by atoms with Crippen molar-refractivity contribution in [1.29, 1.82) is 0 Å². The zero-order valence-corrected chi connectivity index (χ0v) is 15.8. The van der Waals surface area contributed by atoms with Gasteiger partial charge in [0.05, 0.1) is 0 Å². The highest BCUT2D eigenvalue weighted by Crippen LogP contribution is 2.11. The third-order valence-corrected chi connectivity index (χ3v) is 4.42. The van der Waals surface area contributed by atoms with Crippen LogP contribution in [-0.4, -0.2) is 5.78 Å². The Morgan fingerprint density at radius 1 is 0.696 bits per heavy atom. The Kier molecular flexibility index (Phi) is 19.0. The summed E-state index contributed by atoms with van der Waals surface area (Å²) < 4.78 is 0. The van der Waals surface area contributed by atoms with Crippen molar-refractivity contribution in [3.63, 3.8) is 0 Å². The first-order valence-corrected chi connectivity index (χ1v) is 10.3. The van der Waals surface area contributed by atoms with Gasteiger partial charge < -0.3 is 0 Å². The van der Waals surface area contributed by atoms with E-state index in [1.54, 1.807) is 0 Å². The van der Waals surface area contributed by atoms with Crippen molar-refractivity contribution >= 4 is 5.78 Å². The Balaban J connectivity index is 3.14. The minimum absolute atomic E-state index is 0.436. The predicted octanol–water partition coefficient (Wildman–Crippen LogP) is 7.60. The maximum Gasteiger partial charge on any atom is 0.132 e. The molecule has 0 rings (SSSR count). The van der Waals surface area contributed by atoms with Crippen molar-refractivity contribution in [3.05, 3.63) is 19.1 Å². The molecule has 0 fully saturated rings. The summed E-state index contributed by atoms with van der Waals surface area (Å²) in [5.41, 5.74) is 0. The summed E-state index contributed by atoms with van der Waals surface area (Å²) in [4.78, 5) is 11.5. The highest BCUT2D eigenvalue weighted by Gasteiger charge is 2.00. The molecule has 135 valence electrons. The molecule has 0 aromatic heterocycles. The van der Waals surface area contributed by atoms with E-state index in [9.17, 15) is 4.79 Å². The van der Waals surface area contributed by atoms with E-state index in [1.165, 1.54) is 77.0 Å². The number of hydrogen-bond donors (Lipinski definition) is 0. The number of ketones is 1. The Labute approximate surface area is 146 Å². The molecular weight excluding hydrogens is 280 g/mol. The van der Waals surface area contributed by atoms with Gasteiger partial charge in [-0.1, -0.05) is 83.8 Å². The van der Waals surface area contributed by atoms with Crippen molar-refractivity contribution in [2.24, 2.45) is 0 Å². The summed E-state index contributed by atoms with van der Waals surface area (Å²) in [5.74, 6) is 0.436. The molecule has 0 aromatic rings. The fraction of sp³-hybridized carbons (Fsp3) is 0.818. The molecule has 0 spiro atoms. The Morgan fingerprint density at radius 3 is 1.74 bits per heavy atom. The van der Waals surface area contributed by atoms with E-state index < -0.39 is 0 Å². The molecule has 0 saturated carbocycles. The van der Waals surface area contributed by atoms with E-state index in [0.717, 1.165) is 32.1 Å². The molecule has 0 aliphatic heterocycles. The van der Waals surface area contributed by atoms with Gasteiger partial charge in [0.15, 0.2) is 0 Å². The van der Waals surface area contributed by atoms with Crippen molar-refractivity contribution < 1.29 is 4.79 Å². The quantitative estimate of drug-likeness (QED) is 0.188. The van der Waals surface area contributed by atoms with Gasteiger partial charge in [0, 0.05) is 12.8 Å². The second kappa shape index (κ2) is 19.5. The molecule has 0 atom stereocenters. The van der Waals surface area contributed by atoms with Crippen LogP contribution in [0.2, 0.25) is 0 Å². The fourth-order valence-electron chi connectivity index (χ4n) is 2.84. The maximum atomic E-state index is 11.5. The number of hydrogen-bond acceptors (Lipinski definition) is 1. The van der Waals surface area contributed by atoms with Crippen molar-refractivity contribution in [1.82, 2.24) is 0 Å². The number of carbonyl (C=O) groups excluding carboxylic acids is 1. The van der Waals surface area contributed by atoms with E-state index in [0.29, 0.717) is 5.78 Å². The smallest absolute Gasteiger partial charge is 0.132 e. The molecule has 0 aliphatic carbocycles. The highest BCUT2D eigenvalue weighted by molar-refractivity contribution is 5.78. The van der Waals surface area contributed by atoms with Crippen LogP contribution in [-0.2, 0) is 4.79 Å². The zero-order chi connectivity index (χ0) is 17.0. The first-order chi connectivity index (χ1) is 11.3. The topological polar surface area (TPSA) is 17.1 Å². The molecular formula is C22H41O. The molecule has 0 unspecified atom stereocenters. The number of allylic oxidation sites excluding steroid dienone is 2. The van der Waals surface area contributed by atoms with Gasteiger partial charge in [-0.25, -0.2) is 0 Å². The van der Waals surface area contributed by atoms with E-state index in [4.69, 9.17) is 0 Å². The SMILES string of the molecule is [CH2]CCCC(=O)CCCCCCC/C=C\CCCCCCCC. The van der Waals surface area contributed by atoms with Gasteiger partial charge >= 0.3 is 0 Å². The van der Waals surface area contributed by atoms with Crippen LogP contribution in [0.5, 0.6) is 0 Å². The molecule has 0 aromatic carbocycles. The highest BCUT2D eigenvalue weighted by atomic mass is 16.1. The molecule has 0 amide bonds. The first kappa shape index (κ1) is 22.4. The minimum Gasteiger partial charge on any atom is -0.300 e. The average Bonchev–Trinajstić information content (AvgIpc) is 2.56. The lowest BCUT2D eigenvalue weighted by Gasteiger charge is -2.01. The van der Waals surface area contributed by atoms with Crippen LogP contribution in [0.1, 0.15) is 116 Å². The van der Waals surface area contributed by atoms with Crippen molar-refractivity contribution in [2.75, 3.05) is 0 Å². The van der Waals surface area contributed by atoms with Gasteiger partial charge in [0.2, 0.25) is 0 Å². The largest absolute Gasteiger partial charge is 0.300 e. The zero-order valence-electron chi connectivity index (χ0n) is 15.8. The average molecular weight is 322 g/mol. The fourth-order valence-corrected chi connectivity index (χ4v) is 2.84. The van der Waals surface area contributed by atoms with E-state index >= 15 is 0 Å². The number of carbonyl (C=O) groups is 1. The Bertz CT molecular complexity index is 267. The van der Waals surface area contributed by atoms with Gasteiger partial charge in [-0.2, -0.15) is 0 Å². The van der Waals surface area contributed by atoms with Gasteiger partial charge in [-0.15, -0.1) is 0 Å². The molecule has 1 heteroatoms. The van der Waals surface area contributed by atoms with Gasteiger partial charge in [-0.3, -0.25) is 4.79 Å². The lowest BCUT2D eigenvalue weighted by atomic mass is 10.0. The van der Waals surface area contributed by atoms with Crippen LogP contribution in [0.4, 0.5) is 0 Å². The van der Waals surface area contributed by atoms with Crippen LogP contribution in [0.25, 0.3) is 0 Å². The third-order valence-electron chi connectivity index (χ3n) is 4.42. The van der Waals surface area contributed by atoms with Crippen LogP contribution in [0, 0.1) is 6.92 Å². The number of unbranched alkanes of at least 4 members (excludes halogenated alkanes) is 12. The summed E-state index contributed by atoms with van der Waals surface area (Å²) in [5, 5.41) is 0. The summed E-state index contributed by atoms with van der Waals surface area (Å²) in [6, 6.07) is 0. The summed E-state index contributed by atoms with van der Waals surface area (Å²) in [7, 11) is 0. The molecule has 23 heavy (non-hydrogen) atoms. The van der Waals surface area contributed by atoms with Gasteiger partial charge in [-0.05, 0) is 38.5 Å². The number of rotatable bonds is 18. The lowest BCUT2D eigenvalue weighted by molar-refractivity contribution is -0.119. The Hall–Kier alpha value is -0.590. The predicted molar refractivity (Wildman–Crippen MR) is 104 cm³/mol. The van der Waals surface area contributed by atoms with Crippen LogP contribution in [0.15, 0.2) is 12.2 Å². The van der Waals surface area contributed by atoms with Crippen molar-refractivity contribution in [3.8, 4) is 0 Å². The molecule has 0 bridgehead atoms. The number of Topliss-reactive ketones (excluding diaryl/α,β-unsaturated/α-hetero) is 1. The standard InChI is InChI=1S/C22H41O/c1-3-5-7-8-9-10-11-12-13-14-15-16-17-18-19-21-22(23)20-6-4-2/h12-13H,2-11,14-21H2,1H3/b13-12-. The minimum atomic E-state index is 0.436. The normalized spacial score (nSPS) is 11.4. The Morgan fingerprint density at radius 2 is 1.17 bits per heavy atom. The summed E-state index contributed by atoms with van der Waals surface area (Å²) in [6.07, 6.45) is 25.2. The van der Waals surface area contributed by atoms with E-state index in [2.05, 4.69) is 26.0 Å². The molecule has 0 heterocycles. The lowest BCUT2D eigenvalue weighted by Crippen LogP contribution is -1.96. The monoisotopic (exact) mass is 321 g/mol. The molecule has 0 aliphatic rings. The first-order valence-electron chi connectivity index (χ1n) is 10.3. The second-order valence-corrected chi connectivity index (χ2v) is 6.83. The summed E-state index contributed by atoms with van der Waals surface area (Å²) in [6.45, 7) is 6.05. The summed E-state index contributed by atoms with van der Waals surface area (Å²) >= 11 is 0. The molecule has 1 radical (unpaired) electrons. The molecule has 0 N–H and O–H groups in total. The van der Waals surface area contributed by atoms with Crippen LogP contribution in [0.3, 0.4) is 0 Å². The van der Waals surface area contributed by atoms with Crippen LogP contribution >= 0.6 is 0 Å². The van der Waals surface area contributed by atoms with Crippen LogP contribution < -0.4 is 0 Å². The second-order valence-electron chi connectivity index (χ2n) is 6.83. The van der Waals surface area contributed by atoms with E-state index in [-0.39, 0.29) is 0 Å². The molecule has 1 nitrogen and oxygen atoms in total. The van der Waals surface area contributed by atoms with Gasteiger partial charge in [0.25, 0.3) is 0 Å². The third kappa shape index (κ3) is 19.4. The van der Waals surface area contributed by atoms with Gasteiger partial charge in [0.1, 0.15) is 5.78 Å².